The Morgan fingerprint density at radius 3 is 2.48 bits per heavy atom. The SMILES string of the molecule is Cc1csc(C2(NC(=O)c3ccc(C(=O)O)c(C)n3)CCC2)n1. The van der Waals surface area contributed by atoms with Gasteiger partial charge in [0.05, 0.1) is 16.8 Å². The maximum Gasteiger partial charge on any atom is 0.337 e. The molecule has 2 heterocycles. The van der Waals surface area contributed by atoms with Gasteiger partial charge in [0.25, 0.3) is 5.91 Å². The van der Waals surface area contributed by atoms with Gasteiger partial charge in [-0.05, 0) is 45.2 Å². The Hall–Kier alpha value is -2.28. The molecule has 2 aromatic rings. The smallest absolute Gasteiger partial charge is 0.337 e. The highest BCUT2D eigenvalue weighted by Gasteiger charge is 2.42. The zero-order valence-electron chi connectivity index (χ0n) is 12.9. The van der Waals surface area contributed by atoms with E-state index in [1.54, 1.807) is 18.3 Å². The summed E-state index contributed by atoms with van der Waals surface area (Å²) in [5.41, 5.74) is 1.21. The summed E-state index contributed by atoms with van der Waals surface area (Å²) < 4.78 is 0. The van der Waals surface area contributed by atoms with Gasteiger partial charge in [-0.2, -0.15) is 0 Å². The van der Waals surface area contributed by atoms with Crippen molar-refractivity contribution in [2.75, 3.05) is 0 Å². The minimum Gasteiger partial charge on any atom is -0.478 e. The third kappa shape index (κ3) is 2.84. The molecular formula is C16H17N3O3S. The summed E-state index contributed by atoms with van der Waals surface area (Å²) in [5, 5.41) is 15.0. The third-order valence-electron chi connectivity index (χ3n) is 4.14. The fraction of sp³-hybridized carbons (Fsp3) is 0.375. The molecule has 2 N–H and O–H groups in total. The molecule has 120 valence electrons. The topological polar surface area (TPSA) is 92.2 Å². The van der Waals surface area contributed by atoms with Crippen LogP contribution in [0.5, 0.6) is 0 Å². The van der Waals surface area contributed by atoms with Crippen molar-refractivity contribution in [3.63, 3.8) is 0 Å². The number of carbonyl (C=O) groups excluding carboxylic acids is 1. The van der Waals surface area contributed by atoms with E-state index in [9.17, 15) is 9.59 Å². The molecule has 23 heavy (non-hydrogen) atoms. The number of carboxylic acid groups (broad SMARTS) is 1. The van der Waals surface area contributed by atoms with Crippen LogP contribution in [0.1, 0.15) is 56.5 Å². The number of hydrogen-bond donors (Lipinski definition) is 2. The number of nitrogens with one attached hydrogen (secondary N) is 1. The first-order valence-corrected chi connectivity index (χ1v) is 8.25. The van der Waals surface area contributed by atoms with Gasteiger partial charge in [0.1, 0.15) is 10.7 Å². The number of amides is 1. The first-order chi connectivity index (χ1) is 10.9. The fourth-order valence-corrected chi connectivity index (χ4v) is 3.70. The second-order valence-corrected chi connectivity index (χ2v) is 6.68. The van der Waals surface area contributed by atoms with E-state index in [0.717, 1.165) is 30.0 Å². The predicted molar refractivity (Wildman–Crippen MR) is 85.8 cm³/mol. The van der Waals surface area contributed by atoms with Crippen LogP contribution in [-0.4, -0.2) is 27.0 Å². The Balaban J connectivity index is 1.83. The maximum absolute atomic E-state index is 12.5. The highest BCUT2D eigenvalue weighted by atomic mass is 32.1. The average Bonchev–Trinajstić information content (AvgIpc) is 2.88. The largest absolute Gasteiger partial charge is 0.478 e. The predicted octanol–water partition coefficient (Wildman–Crippen LogP) is 2.66. The summed E-state index contributed by atoms with van der Waals surface area (Å²) in [6, 6.07) is 2.87. The van der Waals surface area contributed by atoms with E-state index in [1.165, 1.54) is 12.1 Å². The van der Waals surface area contributed by atoms with Crippen LogP contribution in [0, 0.1) is 13.8 Å². The lowest BCUT2D eigenvalue weighted by molar-refractivity contribution is 0.0693. The number of carboxylic acids is 1. The van der Waals surface area contributed by atoms with Crippen molar-refractivity contribution in [2.45, 2.75) is 38.6 Å². The van der Waals surface area contributed by atoms with Crippen LogP contribution in [0.25, 0.3) is 0 Å². The van der Waals surface area contributed by atoms with E-state index in [2.05, 4.69) is 15.3 Å². The van der Waals surface area contributed by atoms with Crippen LogP contribution in [0.3, 0.4) is 0 Å². The van der Waals surface area contributed by atoms with Gasteiger partial charge in [-0.15, -0.1) is 11.3 Å². The van der Waals surface area contributed by atoms with E-state index >= 15 is 0 Å². The van der Waals surface area contributed by atoms with Crippen molar-refractivity contribution in [3.8, 4) is 0 Å². The van der Waals surface area contributed by atoms with Gasteiger partial charge in [-0.1, -0.05) is 0 Å². The van der Waals surface area contributed by atoms with Crippen LogP contribution in [0.15, 0.2) is 17.5 Å². The Morgan fingerprint density at radius 2 is 2.00 bits per heavy atom. The number of pyridine rings is 1. The first-order valence-electron chi connectivity index (χ1n) is 7.37. The van der Waals surface area contributed by atoms with E-state index < -0.39 is 11.5 Å². The summed E-state index contributed by atoms with van der Waals surface area (Å²) in [5.74, 6) is -1.34. The van der Waals surface area contributed by atoms with E-state index in [-0.39, 0.29) is 17.2 Å². The van der Waals surface area contributed by atoms with Gasteiger partial charge in [-0.3, -0.25) is 4.79 Å². The minimum atomic E-state index is -1.05. The highest BCUT2D eigenvalue weighted by molar-refractivity contribution is 7.09. The molecule has 0 aliphatic heterocycles. The lowest BCUT2D eigenvalue weighted by Gasteiger charge is -2.40. The summed E-state index contributed by atoms with van der Waals surface area (Å²) in [6.07, 6.45) is 2.76. The van der Waals surface area contributed by atoms with Crippen molar-refractivity contribution in [1.82, 2.24) is 15.3 Å². The third-order valence-corrected chi connectivity index (χ3v) is 5.30. The van der Waals surface area contributed by atoms with Gasteiger partial charge in [0, 0.05) is 11.1 Å². The molecule has 0 spiro atoms. The molecule has 2 aromatic heterocycles. The molecule has 3 rings (SSSR count). The van der Waals surface area contributed by atoms with Crippen LogP contribution >= 0.6 is 11.3 Å². The fourth-order valence-electron chi connectivity index (χ4n) is 2.69. The Labute approximate surface area is 137 Å². The highest BCUT2D eigenvalue weighted by Crippen LogP contribution is 2.42. The quantitative estimate of drug-likeness (QED) is 0.898. The van der Waals surface area contributed by atoms with E-state index in [4.69, 9.17) is 5.11 Å². The van der Waals surface area contributed by atoms with Crippen LogP contribution < -0.4 is 5.32 Å². The minimum absolute atomic E-state index is 0.107. The molecule has 0 saturated heterocycles. The Morgan fingerprint density at radius 1 is 1.26 bits per heavy atom. The second-order valence-electron chi connectivity index (χ2n) is 5.82. The molecule has 0 bridgehead atoms. The number of aromatic carboxylic acids is 1. The van der Waals surface area contributed by atoms with Gasteiger partial charge in [0.2, 0.25) is 0 Å². The summed E-state index contributed by atoms with van der Waals surface area (Å²) in [6.45, 7) is 3.52. The average molecular weight is 331 g/mol. The van der Waals surface area contributed by atoms with E-state index in [1.807, 2.05) is 12.3 Å². The first kappa shape index (κ1) is 15.6. The van der Waals surface area contributed by atoms with Crippen molar-refractivity contribution in [1.29, 1.82) is 0 Å². The molecule has 0 aromatic carbocycles. The molecule has 0 unspecified atom stereocenters. The molecule has 1 aliphatic rings. The van der Waals surface area contributed by atoms with E-state index in [0.29, 0.717) is 5.69 Å². The van der Waals surface area contributed by atoms with Crippen molar-refractivity contribution < 1.29 is 14.7 Å². The van der Waals surface area contributed by atoms with Crippen LogP contribution in [-0.2, 0) is 5.54 Å². The lowest BCUT2D eigenvalue weighted by Crippen LogP contribution is -2.51. The molecule has 0 radical (unpaired) electrons. The Bertz CT molecular complexity index is 781. The number of aromatic nitrogens is 2. The monoisotopic (exact) mass is 331 g/mol. The van der Waals surface area contributed by atoms with Gasteiger partial charge in [0.15, 0.2) is 0 Å². The molecular weight excluding hydrogens is 314 g/mol. The number of thiazole rings is 1. The lowest BCUT2D eigenvalue weighted by atomic mass is 9.77. The zero-order chi connectivity index (χ0) is 16.6. The number of nitrogens with zero attached hydrogens (tertiary/aromatic N) is 2. The summed E-state index contributed by atoms with van der Waals surface area (Å²) in [7, 11) is 0. The molecule has 6 nitrogen and oxygen atoms in total. The zero-order valence-corrected chi connectivity index (χ0v) is 13.7. The summed E-state index contributed by atoms with van der Waals surface area (Å²) in [4.78, 5) is 32.2. The molecule has 1 aliphatic carbocycles. The van der Waals surface area contributed by atoms with Gasteiger partial charge < -0.3 is 10.4 Å². The van der Waals surface area contributed by atoms with Crippen molar-refractivity contribution >= 4 is 23.2 Å². The number of carbonyl (C=O) groups is 2. The van der Waals surface area contributed by atoms with Gasteiger partial charge in [-0.25, -0.2) is 14.8 Å². The van der Waals surface area contributed by atoms with Crippen LogP contribution in [0.2, 0.25) is 0 Å². The molecule has 0 atom stereocenters. The molecule has 7 heteroatoms. The number of rotatable bonds is 4. The maximum atomic E-state index is 12.5. The molecule has 1 saturated carbocycles. The number of aryl methyl sites for hydroxylation is 2. The normalized spacial score (nSPS) is 15.7. The Kier molecular flexibility index (Phi) is 3.89. The van der Waals surface area contributed by atoms with Crippen LogP contribution in [0.4, 0.5) is 0 Å². The second kappa shape index (κ2) is 5.73. The number of hydrogen-bond acceptors (Lipinski definition) is 5. The van der Waals surface area contributed by atoms with Gasteiger partial charge >= 0.3 is 5.97 Å². The molecule has 1 fully saturated rings. The molecule has 1 amide bonds. The van der Waals surface area contributed by atoms with Crippen molar-refractivity contribution in [2.24, 2.45) is 0 Å². The standard InChI is InChI=1S/C16H17N3O3S/c1-9-8-23-15(17-9)16(6-3-7-16)19-13(20)12-5-4-11(14(21)22)10(2)18-12/h4-5,8H,3,6-7H2,1-2H3,(H,19,20)(H,21,22). The summed E-state index contributed by atoms with van der Waals surface area (Å²) >= 11 is 1.56. The van der Waals surface area contributed by atoms with Crippen molar-refractivity contribution in [3.05, 3.63) is 45.2 Å².